The minimum atomic E-state index is 0.237. The largest absolute Gasteiger partial charge is 0.309 e. The molecule has 2 aromatic heterocycles. The molecule has 4 heteroatoms. The zero-order valence-electron chi connectivity index (χ0n) is 17.0. The Morgan fingerprint density at radius 1 is 1.21 bits per heavy atom. The van der Waals surface area contributed by atoms with Crippen LogP contribution in [-0.4, -0.2) is 27.5 Å². The molecule has 1 aromatic carbocycles. The van der Waals surface area contributed by atoms with E-state index >= 15 is 0 Å². The summed E-state index contributed by atoms with van der Waals surface area (Å²) in [6, 6.07) is 9.55. The lowest BCUT2D eigenvalue weighted by Crippen LogP contribution is -2.50. The zero-order valence-corrected chi connectivity index (χ0v) is 17.8. The van der Waals surface area contributed by atoms with E-state index in [0.29, 0.717) is 6.04 Å². The van der Waals surface area contributed by atoms with Gasteiger partial charge in [-0.15, -0.1) is 11.3 Å². The highest BCUT2D eigenvalue weighted by Crippen LogP contribution is 2.57. The second-order valence-electron chi connectivity index (χ2n) is 8.79. The lowest BCUT2D eigenvalue weighted by atomic mass is 9.66. The molecule has 3 nitrogen and oxygen atoms in total. The molecule has 3 aliphatic heterocycles. The molecule has 0 bridgehead atoms. The summed E-state index contributed by atoms with van der Waals surface area (Å²) in [6.07, 6.45) is 7.58. The third-order valence-electron chi connectivity index (χ3n) is 7.50. The van der Waals surface area contributed by atoms with E-state index in [4.69, 9.17) is 4.98 Å². The molecule has 0 unspecified atom stereocenters. The second-order valence-corrected chi connectivity index (χ2v) is 9.99. The maximum Gasteiger partial charge on any atom is 0.140 e. The van der Waals surface area contributed by atoms with Gasteiger partial charge in [0.1, 0.15) is 5.01 Å². The van der Waals surface area contributed by atoms with Crippen molar-refractivity contribution in [3.05, 3.63) is 57.2 Å². The quantitative estimate of drug-likeness (QED) is 0.560. The van der Waals surface area contributed by atoms with Crippen LogP contribution in [0.3, 0.4) is 0 Å². The van der Waals surface area contributed by atoms with Gasteiger partial charge in [0.25, 0.3) is 0 Å². The predicted molar refractivity (Wildman–Crippen MR) is 117 cm³/mol. The smallest absolute Gasteiger partial charge is 0.140 e. The molecule has 5 heterocycles. The first-order valence-electron chi connectivity index (χ1n) is 10.7. The molecular weight excluding hydrogens is 362 g/mol. The molecule has 0 saturated carbocycles. The van der Waals surface area contributed by atoms with Crippen LogP contribution in [-0.2, 0) is 6.42 Å². The van der Waals surface area contributed by atoms with Gasteiger partial charge < -0.3 is 4.57 Å². The van der Waals surface area contributed by atoms with E-state index in [1.165, 1.54) is 71.0 Å². The zero-order chi connectivity index (χ0) is 19.0. The van der Waals surface area contributed by atoms with Crippen LogP contribution in [0.15, 0.2) is 30.3 Å². The number of para-hydroxylation sites is 1. The van der Waals surface area contributed by atoms with Gasteiger partial charge in [0.15, 0.2) is 0 Å². The van der Waals surface area contributed by atoms with Crippen molar-refractivity contribution in [2.45, 2.75) is 52.5 Å². The van der Waals surface area contributed by atoms with E-state index in [1.807, 2.05) is 11.3 Å². The Labute approximate surface area is 170 Å². The molecule has 144 valence electrons. The van der Waals surface area contributed by atoms with E-state index in [0.717, 1.165) is 0 Å². The van der Waals surface area contributed by atoms with Gasteiger partial charge in [-0.05, 0) is 63.8 Å². The van der Waals surface area contributed by atoms with Crippen LogP contribution in [0.25, 0.3) is 16.6 Å². The van der Waals surface area contributed by atoms with E-state index in [2.05, 4.69) is 60.6 Å². The Kier molecular flexibility index (Phi) is 3.52. The SMILES string of the molecule is CC[C@@]12C=C(c3nc(C)c(C)s3)n3c4c(c5ccccc53)CCN(CCC1)[C@H]42. The number of rotatable bonds is 2. The molecule has 0 amide bonds. The molecule has 1 fully saturated rings. The highest BCUT2D eigenvalue weighted by molar-refractivity contribution is 7.12. The third kappa shape index (κ3) is 2.05. The van der Waals surface area contributed by atoms with E-state index in [9.17, 15) is 0 Å². The Bertz CT molecular complexity index is 1110. The summed E-state index contributed by atoms with van der Waals surface area (Å²) in [4.78, 5) is 9.11. The molecule has 0 radical (unpaired) electrons. The summed E-state index contributed by atoms with van der Waals surface area (Å²) in [6.45, 7) is 9.17. The number of hydrogen-bond donors (Lipinski definition) is 0. The van der Waals surface area contributed by atoms with Gasteiger partial charge in [0.05, 0.1) is 22.9 Å². The number of nitrogens with zero attached hydrogens (tertiary/aromatic N) is 3. The minimum absolute atomic E-state index is 0.237. The highest BCUT2D eigenvalue weighted by Gasteiger charge is 2.50. The van der Waals surface area contributed by atoms with Gasteiger partial charge in [0, 0.05) is 27.9 Å². The van der Waals surface area contributed by atoms with Crippen molar-refractivity contribution in [2.75, 3.05) is 13.1 Å². The molecule has 1 saturated heterocycles. The first-order valence-corrected chi connectivity index (χ1v) is 11.5. The molecule has 3 aliphatic rings. The number of thiazole rings is 1. The van der Waals surface area contributed by atoms with Gasteiger partial charge in [-0.3, -0.25) is 4.90 Å². The van der Waals surface area contributed by atoms with Crippen LogP contribution < -0.4 is 0 Å². The highest BCUT2D eigenvalue weighted by atomic mass is 32.1. The van der Waals surface area contributed by atoms with Crippen LogP contribution in [0.2, 0.25) is 0 Å². The van der Waals surface area contributed by atoms with Crippen molar-refractivity contribution in [1.29, 1.82) is 0 Å². The van der Waals surface area contributed by atoms with Crippen molar-refractivity contribution in [3.8, 4) is 0 Å². The Hall–Kier alpha value is -1.91. The van der Waals surface area contributed by atoms with Crippen molar-refractivity contribution in [1.82, 2.24) is 14.5 Å². The average Bonchev–Trinajstić information content (AvgIpc) is 3.24. The maximum absolute atomic E-state index is 5.00. The van der Waals surface area contributed by atoms with Gasteiger partial charge >= 0.3 is 0 Å². The van der Waals surface area contributed by atoms with Gasteiger partial charge in [-0.25, -0.2) is 4.98 Å². The van der Waals surface area contributed by atoms with Gasteiger partial charge in [0.2, 0.25) is 0 Å². The maximum atomic E-state index is 5.00. The van der Waals surface area contributed by atoms with Crippen LogP contribution in [0.1, 0.15) is 59.1 Å². The Balaban J connectivity index is 1.73. The van der Waals surface area contributed by atoms with Gasteiger partial charge in [-0.1, -0.05) is 25.1 Å². The van der Waals surface area contributed by atoms with Crippen molar-refractivity contribution < 1.29 is 0 Å². The molecule has 6 rings (SSSR count). The van der Waals surface area contributed by atoms with Gasteiger partial charge in [-0.2, -0.15) is 0 Å². The van der Waals surface area contributed by atoms with E-state index < -0.39 is 0 Å². The second kappa shape index (κ2) is 5.80. The number of aryl methyl sites for hydroxylation is 2. The summed E-state index contributed by atoms with van der Waals surface area (Å²) in [5, 5.41) is 2.64. The average molecular weight is 390 g/mol. The number of benzene rings is 1. The molecule has 0 spiro atoms. The van der Waals surface area contributed by atoms with Crippen LogP contribution in [0, 0.1) is 19.3 Å². The first-order chi connectivity index (χ1) is 13.6. The first kappa shape index (κ1) is 17.0. The molecular formula is C24H27N3S. The standard InChI is InChI=1S/C24H27N3S/c1-4-24-11-7-12-26-13-10-18-17-8-5-6-9-19(17)27(21(18)22(24)26)20(14-24)23-25-15(2)16(3)28-23/h5-6,8-9,14,22H,4,7,10-13H2,1-3H3/t22-,24+/m1/s1. The van der Waals surface area contributed by atoms with Crippen molar-refractivity contribution >= 4 is 27.9 Å². The fraction of sp³-hybridized carbons (Fsp3) is 0.458. The Morgan fingerprint density at radius 3 is 2.86 bits per heavy atom. The fourth-order valence-corrected chi connectivity index (χ4v) is 6.94. The molecule has 28 heavy (non-hydrogen) atoms. The summed E-state index contributed by atoms with van der Waals surface area (Å²) >= 11 is 1.86. The van der Waals surface area contributed by atoms with Crippen molar-refractivity contribution in [2.24, 2.45) is 5.41 Å². The minimum Gasteiger partial charge on any atom is -0.309 e. The van der Waals surface area contributed by atoms with Crippen LogP contribution in [0.4, 0.5) is 0 Å². The number of hydrogen-bond acceptors (Lipinski definition) is 3. The van der Waals surface area contributed by atoms with E-state index in [-0.39, 0.29) is 5.41 Å². The molecule has 2 atom stereocenters. The molecule has 0 N–H and O–H groups in total. The Morgan fingerprint density at radius 2 is 2.07 bits per heavy atom. The molecule has 0 aliphatic carbocycles. The normalized spacial score (nSPS) is 26.4. The fourth-order valence-electron chi connectivity index (χ4n) is 6.02. The van der Waals surface area contributed by atoms with Crippen molar-refractivity contribution in [3.63, 3.8) is 0 Å². The lowest BCUT2D eigenvalue weighted by molar-refractivity contribution is 0.0271. The third-order valence-corrected chi connectivity index (χ3v) is 8.59. The number of aromatic nitrogens is 2. The lowest BCUT2D eigenvalue weighted by Gasteiger charge is -2.53. The van der Waals surface area contributed by atoms with Crippen LogP contribution in [0.5, 0.6) is 0 Å². The number of piperidine rings is 1. The predicted octanol–water partition coefficient (Wildman–Crippen LogP) is 5.71. The number of fused-ring (bicyclic) bond motifs is 3. The summed E-state index contributed by atoms with van der Waals surface area (Å²) in [5.41, 5.74) is 7.26. The summed E-state index contributed by atoms with van der Waals surface area (Å²) in [5.74, 6) is 0. The summed E-state index contributed by atoms with van der Waals surface area (Å²) in [7, 11) is 0. The topological polar surface area (TPSA) is 21.1 Å². The molecule has 3 aromatic rings. The van der Waals surface area contributed by atoms with E-state index in [1.54, 1.807) is 11.3 Å². The summed E-state index contributed by atoms with van der Waals surface area (Å²) < 4.78 is 2.58. The van der Waals surface area contributed by atoms with Crippen LogP contribution >= 0.6 is 11.3 Å². The monoisotopic (exact) mass is 389 g/mol.